The number of hydrogen-bond acceptors (Lipinski definition) is 4. The van der Waals surface area contributed by atoms with Crippen molar-refractivity contribution in [2.24, 2.45) is 0 Å². The molecule has 0 saturated carbocycles. The molecule has 1 N–H and O–H groups in total. The van der Waals surface area contributed by atoms with Crippen LogP contribution in [0.3, 0.4) is 0 Å². The molecule has 0 amide bonds. The smallest absolute Gasteiger partial charge is 0.326 e. The lowest BCUT2D eigenvalue weighted by atomic mass is 10.2. The van der Waals surface area contributed by atoms with Gasteiger partial charge in [0.15, 0.2) is 0 Å². The van der Waals surface area contributed by atoms with Gasteiger partial charge in [0.05, 0.1) is 0 Å². The van der Waals surface area contributed by atoms with Gasteiger partial charge in [-0.1, -0.05) is 0 Å². The number of aliphatic carboxylic acids is 1. The van der Waals surface area contributed by atoms with Crippen molar-refractivity contribution in [3.63, 3.8) is 0 Å². The average molecular weight is 207 g/mol. The Balaban J connectivity index is 2.26. The molecular formula is C10H13N3O2. The third kappa shape index (κ3) is 1.91. The van der Waals surface area contributed by atoms with Crippen molar-refractivity contribution >= 4 is 11.8 Å². The largest absolute Gasteiger partial charge is 0.480 e. The van der Waals surface area contributed by atoms with Gasteiger partial charge < -0.3 is 10.0 Å². The molecule has 2 rings (SSSR count). The fourth-order valence-corrected chi connectivity index (χ4v) is 1.90. The highest BCUT2D eigenvalue weighted by atomic mass is 16.4. The summed E-state index contributed by atoms with van der Waals surface area (Å²) < 4.78 is 0. The molecule has 0 radical (unpaired) electrons. The molecule has 1 fully saturated rings. The van der Waals surface area contributed by atoms with Crippen molar-refractivity contribution in [2.45, 2.75) is 25.8 Å². The third-order valence-corrected chi connectivity index (χ3v) is 2.59. The van der Waals surface area contributed by atoms with Crippen molar-refractivity contribution in [2.75, 3.05) is 11.4 Å². The summed E-state index contributed by atoms with van der Waals surface area (Å²) in [5.74, 6) is 0.611. The SMILES string of the molecule is Cc1nccc(N2CCCC2C(=O)O)n1. The quantitative estimate of drug-likeness (QED) is 0.778. The van der Waals surface area contributed by atoms with Crippen molar-refractivity contribution in [1.82, 2.24) is 9.97 Å². The Hall–Kier alpha value is -1.65. The van der Waals surface area contributed by atoms with Gasteiger partial charge in [0, 0.05) is 12.7 Å². The first kappa shape index (κ1) is 9.89. The van der Waals surface area contributed by atoms with Gasteiger partial charge in [-0.3, -0.25) is 0 Å². The summed E-state index contributed by atoms with van der Waals surface area (Å²) in [6, 6.07) is 1.33. The monoisotopic (exact) mass is 207 g/mol. The summed E-state index contributed by atoms with van der Waals surface area (Å²) in [4.78, 5) is 21.1. The van der Waals surface area contributed by atoms with E-state index in [1.165, 1.54) is 0 Å². The second-order valence-electron chi connectivity index (χ2n) is 3.65. The summed E-state index contributed by atoms with van der Waals surface area (Å²) in [6.45, 7) is 2.56. The summed E-state index contributed by atoms with van der Waals surface area (Å²) in [7, 11) is 0. The second-order valence-corrected chi connectivity index (χ2v) is 3.65. The van der Waals surface area contributed by atoms with Crippen molar-refractivity contribution in [3.8, 4) is 0 Å². The minimum Gasteiger partial charge on any atom is -0.480 e. The molecule has 1 aromatic heterocycles. The van der Waals surface area contributed by atoms with Crippen LogP contribution in [0, 0.1) is 6.92 Å². The van der Waals surface area contributed by atoms with Crippen LogP contribution >= 0.6 is 0 Å². The Kier molecular flexibility index (Phi) is 2.53. The molecular weight excluding hydrogens is 194 g/mol. The number of carboxylic acid groups (broad SMARTS) is 1. The molecule has 5 heteroatoms. The molecule has 1 aliphatic heterocycles. The number of aryl methyl sites for hydroxylation is 1. The predicted molar refractivity (Wildman–Crippen MR) is 54.8 cm³/mol. The van der Waals surface area contributed by atoms with E-state index in [-0.39, 0.29) is 0 Å². The van der Waals surface area contributed by atoms with Crippen LogP contribution in [0.25, 0.3) is 0 Å². The van der Waals surface area contributed by atoms with Crippen LogP contribution < -0.4 is 4.90 Å². The average Bonchev–Trinajstić information content (AvgIpc) is 2.65. The highest BCUT2D eigenvalue weighted by Crippen LogP contribution is 2.23. The first-order valence-electron chi connectivity index (χ1n) is 4.97. The molecule has 0 bridgehead atoms. The normalized spacial score (nSPS) is 20.6. The molecule has 1 atom stereocenters. The van der Waals surface area contributed by atoms with Gasteiger partial charge in [0.25, 0.3) is 0 Å². The van der Waals surface area contributed by atoms with Gasteiger partial charge in [-0.05, 0) is 25.8 Å². The summed E-state index contributed by atoms with van der Waals surface area (Å²) in [5, 5.41) is 9.03. The van der Waals surface area contributed by atoms with Crippen molar-refractivity contribution in [1.29, 1.82) is 0 Å². The molecule has 5 nitrogen and oxygen atoms in total. The highest BCUT2D eigenvalue weighted by Gasteiger charge is 2.31. The van der Waals surface area contributed by atoms with Gasteiger partial charge in [0.2, 0.25) is 0 Å². The summed E-state index contributed by atoms with van der Waals surface area (Å²) >= 11 is 0. The van der Waals surface area contributed by atoms with Gasteiger partial charge in [-0.15, -0.1) is 0 Å². The van der Waals surface area contributed by atoms with E-state index in [1.807, 2.05) is 4.90 Å². The van der Waals surface area contributed by atoms with E-state index in [0.29, 0.717) is 18.1 Å². The maximum absolute atomic E-state index is 11.0. The maximum atomic E-state index is 11.0. The predicted octanol–water partition coefficient (Wildman–Crippen LogP) is 0.838. The van der Waals surface area contributed by atoms with Gasteiger partial charge in [-0.25, -0.2) is 14.8 Å². The fourth-order valence-electron chi connectivity index (χ4n) is 1.90. The molecule has 1 aliphatic rings. The second kappa shape index (κ2) is 3.84. The van der Waals surface area contributed by atoms with E-state index < -0.39 is 12.0 Å². The highest BCUT2D eigenvalue weighted by molar-refractivity contribution is 5.78. The van der Waals surface area contributed by atoms with Crippen LogP contribution in [0.1, 0.15) is 18.7 Å². The fraction of sp³-hybridized carbons (Fsp3) is 0.500. The van der Waals surface area contributed by atoms with E-state index in [0.717, 1.165) is 13.0 Å². The number of hydrogen-bond donors (Lipinski definition) is 1. The zero-order valence-electron chi connectivity index (χ0n) is 8.55. The Morgan fingerprint density at radius 2 is 2.47 bits per heavy atom. The Labute approximate surface area is 87.8 Å². The molecule has 15 heavy (non-hydrogen) atoms. The summed E-state index contributed by atoms with van der Waals surface area (Å²) in [5.41, 5.74) is 0. The summed E-state index contributed by atoms with van der Waals surface area (Å²) in [6.07, 6.45) is 3.26. The van der Waals surface area contributed by atoms with Crippen LogP contribution in [0.4, 0.5) is 5.82 Å². The Morgan fingerprint density at radius 1 is 1.67 bits per heavy atom. The maximum Gasteiger partial charge on any atom is 0.326 e. The Bertz CT molecular complexity index is 381. The van der Waals surface area contributed by atoms with E-state index >= 15 is 0 Å². The molecule has 0 aromatic carbocycles. The van der Waals surface area contributed by atoms with Crippen LogP contribution in [0.15, 0.2) is 12.3 Å². The van der Waals surface area contributed by atoms with Gasteiger partial charge in [0.1, 0.15) is 17.7 Å². The Morgan fingerprint density at radius 3 is 3.13 bits per heavy atom. The topological polar surface area (TPSA) is 66.3 Å². The lowest BCUT2D eigenvalue weighted by Gasteiger charge is -2.22. The van der Waals surface area contributed by atoms with Crippen LogP contribution in [0.2, 0.25) is 0 Å². The zero-order chi connectivity index (χ0) is 10.8. The standard InChI is InChI=1S/C10H13N3O2/c1-7-11-5-4-9(12-7)13-6-2-3-8(13)10(14)15/h4-5,8H,2-3,6H2,1H3,(H,14,15). The van der Waals surface area contributed by atoms with E-state index in [2.05, 4.69) is 9.97 Å². The number of rotatable bonds is 2. The number of carbonyl (C=O) groups is 1. The van der Waals surface area contributed by atoms with E-state index in [9.17, 15) is 4.79 Å². The van der Waals surface area contributed by atoms with Crippen LogP contribution in [-0.4, -0.2) is 33.6 Å². The number of carboxylic acids is 1. The van der Waals surface area contributed by atoms with E-state index in [1.54, 1.807) is 19.2 Å². The van der Waals surface area contributed by atoms with Crippen molar-refractivity contribution < 1.29 is 9.90 Å². The molecule has 1 saturated heterocycles. The van der Waals surface area contributed by atoms with Crippen LogP contribution in [-0.2, 0) is 4.79 Å². The van der Waals surface area contributed by atoms with Crippen LogP contribution in [0.5, 0.6) is 0 Å². The minimum atomic E-state index is -0.774. The number of aromatic nitrogens is 2. The lowest BCUT2D eigenvalue weighted by Crippen LogP contribution is -2.36. The zero-order valence-corrected chi connectivity index (χ0v) is 8.55. The molecule has 0 aliphatic carbocycles. The van der Waals surface area contributed by atoms with Gasteiger partial charge >= 0.3 is 5.97 Å². The molecule has 1 aromatic rings. The molecule has 80 valence electrons. The number of anilines is 1. The number of nitrogens with zero attached hydrogens (tertiary/aromatic N) is 3. The molecule has 1 unspecified atom stereocenters. The lowest BCUT2D eigenvalue weighted by molar-refractivity contribution is -0.138. The molecule has 2 heterocycles. The van der Waals surface area contributed by atoms with E-state index in [4.69, 9.17) is 5.11 Å². The molecule has 0 spiro atoms. The third-order valence-electron chi connectivity index (χ3n) is 2.59. The van der Waals surface area contributed by atoms with Gasteiger partial charge in [-0.2, -0.15) is 0 Å². The van der Waals surface area contributed by atoms with Crippen molar-refractivity contribution in [3.05, 3.63) is 18.1 Å². The first-order chi connectivity index (χ1) is 7.18. The minimum absolute atomic E-state index is 0.431. The first-order valence-corrected chi connectivity index (χ1v) is 4.97.